The quantitative estimate of drug-likeness (QED) is 0.545. The van der Waals surface area contributed by atoms with E-state index in [1.54, 1.807) is 4.90 Å². The van der Waals surface area contributed by atoms with E-state index in [-0.39, 0.29) is 35.7 Å². The van der Waals surface area contributed by atoms with Crippen molar-refractivity contribution < 1.29 is 19.2 Å². The first-order valence-electron chi connectivity index (χ1n) is 11.7. The first-order valence-corrected chi connectivity index (χ1v) is 11.7. The van der Waals surface area contributed by atoms with Crippen LogP contribution in [-0.4, -0.2) is 76.2 Å². The Labute approximate surface area is 184 Å². The van der Waals surface area contributed by atoms with Crippen LogP contribution in [0.4, 0.5) is 4.79 Å². The monoisotopic (exact) mass is 430 g/mol. The minimum absolute atomic E-state index is 0.0788. The van der Waals surface area contributed by atoms with Gasteiger partial charge in [-0.15, -0.1) is 0 Å². The third kappa shape index (κ3) is 4.21. The Morgan fingerprint density at radius 2 is 1.87 bits per heavy atom. The highest BCUT2D eigenvalue weighted by molar-refractivity contribution is 6.07. The van der Waals surface area contributed by atoms with Crippen molar-refractivity contribution in [3.8, 4) is 0 Å². The van der Waals surface area contributed by atoms with Gasteiger partial charge < -0.3 is 15.1 Å². The summed E-state index contributed by atoms with van der Waals surface area (Å²) in [5.74, 6) is 0.245. The number of nitrogens with zero attached hydrogens (tertiary/aromatic N) is 3. The molecule has 0 radical (unpaired) electrons. The summed E-state index contributed by atoms with van der Waals surface area (Å²) in [5, 5.41) is 2.94. The molecule has 1 N–H and O–H groups in total. The Kier molecular flexibility index (Phi) is 6.08. The first-order chi connectivity index (χ1) is 14.8. The Morgan fingerprint density at radius 3 is 2.52 bits per heavy atom. The topological polar surface area (TPSA) is 90.0 Å². The zero-order valence-electron chi connectivity index (χ0n) is 18.6. The van der Waals surface area contributed by atoms with Crippen molar-refractivity contribution in [2.45, 2.75) is 70.4 Å². The number of nitrogens with one attached hydrogen (secondary N) is 1. The molecule has 31 heavy (non-hydrogen) atoms. The largest absolute Gasteiger partial charge is 0.342 e. The second-order valence-electron chi connectivity index (χ2n) is 9.77. The average Bonchev–Trinajstić information content (AvgIpc) is 3.34. The second kappa shape index (κ2) is 8.63. The zero-order chi connectivity index (χ0) is 22.2. The molecule has 8 heteroatoms. The highest BCUT2D eigenvalue weighted by atomic mass is 16.2. The normalized spacial score (nSPS) is 28.0. The van der Waals surface area contributed by atoms with Crippen molar-refractivity contribution >= 4 is 23.8 Å². The number of rotatable bonds is 4. The van der Waals surface area contributed by atoms with Crippen LogP contribution in [0.5, 0.6) is 0 Å². The second-order valence-corrected chi connectivity index (χ2v) is 9.77. The molecule has 0 bridgehead atoms. The van der Waals surface area contributed by atoms with Gasteiger partial charge in [0.05, 0.1) is 6.04 Å². The van der Waals surface area contributed by atoms with Crippen LogP contribution in [0.2, 0.25) is 0 Å². The van der Waals surface area contributed by atoms with Crippen LogP contribution in [0.1, 0.15) is 58.8 Å². The van der Waals surface area contributed by atoms with Gasteiger partial charge in [-0.25, -0.2) is 4.79 Å². The van der Waals surface area contributed by atoms with Crippen molar-refractivity contribution in [1.82, 2.24) is 20.0 Å². The molecule has 2 atom stereocenters. The molecule has 0 aromatic carbocycles. The zero-order valence-corrected chi connectivity index (χ0v) is 18.6. The van der Waals surface area contributed by atoms with Gasteiger partial charge in [0.15, 0.2) is 0 Å². The van der Waals surface area contributed by atoms with Gasteiger partial charge in [0.1, 0.15) is 5.54 Å². The molecule has 4 aliphatic rings. The number of piperidine rings is 2. The van der Waals surface area contributed by atoms with Gasteiger partial charge in [-0.2, -0.15) is 0 Å². The van der Waals surface area contributed by atoms with Crippen LogP contribution in [0.25, 0.3) is 0 Å². The van der Waals surface area contributed by atoms with E-state index in [4.69, 9.17) is 0 Å². The number of carbonyl (C=O) groups excluding carboxylic acids is 4. The van der Waals surface area contributed by atoms with Crippen molar-refractivity contribution in [2.24, 2.45) is 11.8 Å². The highest BCUT2D eigenvalue weighted by Gasteiger charge is 2.55. The van der Waals surface area contributed by atoms with E-state index < -0.39 is 5.54 Å². The smallest absolute Gasteiger partial charge is 0.325 e. The molecule has 1 spiro atoms. The van der Waals surface area contributed by atoms with Gasteiger partial charge in [0.2, 0.25) is 11.8 Å². The molecular formula is C23H34N4O4. The van der Waals surface area contributed by atoms with Gasteiger partial charge in [-0.1, -0.05) is 26.0 Å². The fourth-order valence-corrected chi connectivity index (χ4v) is 5.40. The standard InChI is InChI=1S/C23H34N4O4/c1-16(2)20(29)25-12-9-23(10-13-25)21(30)27(22(31)24-23)18-8-5-11-26(15-18)19(28)14-17-6-3-4-7-17/h3,6,16-18H,4-5,7-15H2,1-2H3,(H,24,31). The number of hydrogen-bond acceptors (Lipinski definition) is 4. The predicted molar refractivity (Wildman–Crippen MR) is 115 cm³/mol. The number of amides is 5. The number of likely N-dealkylation sites (tertiary alicyclic amines) is 2. The summed E-state index contributed by atoms with van der Waals surface area (Å²) < 4.78 is 0. The van der Waals surface area contributed by atoms with E-state index in [0.717, 1.165) is 25.7 Å². The molecule has 0 saturated carbocycles. The van der Waals surface area contributed by atoms with E-state index in [9.17, 15) is 19.2 Å². The molecule has 0 aromatic rings. The predicted octanol–water partition coefficient (Wildman–Crippen LogP) is 1.90. The molecule has 170 valence electrons. The third-order valence-electron chi connectivity index (χ3n) is 7.28. The summed E-state index contributed by atoms with van der Waals surface area (Å²) in [6.07, 6.45) is 9.21. The Balaban J connectivity index is 1.39. The fraction of sp³-hybridized carbons (Fsp3) is 0.739. The maximum Gasteiger partial charge on any atom is 0.325 e. The van der Waals surface area contributed by atoms with E-state index in [1.807, 2.05) is 18.7 Å². The molecule has 3 saturated heterocycles. The number of imide groups is 1. The van der Waals surface area contributed by atoms with E-state index in [0.29, 0.717) is 51.4 Å². The molecule has 5 amide bonds. The molecule has 0 aromatic heterocycles. The summed E-state index contributed by atoms with van der Waals surface area (Å²) in [7, 11) is 0. The van der Waals surface area contributed by atoms with E-state index in [2.05, 4.69) is 17.5 Å². The molecule has 3 heterocycles. The van der Waals surface area contributed by atoms with Crippen molar-refractivity contribution in [2.75, 3.05) is 26.2 Å². The molecule has 3 fully saturated rings. The number of allylic oxidation sites excluding steroid dienone is 2. The molecule has 3 aliphatic heterocycles. The number of hydrogen-bond donors (Lipinski definition) is 1. The summed E-state index contributed by atoms with van der Waals surface area (Å²) in [6, 6.07) is -0.634. The van der Waals surface area contributed by atoms with Crippen LogP contribution in [0.3, 0.4) is 0 Å². The molecule has 8 nitrogen and oxygen atoms in total. The van der Waals surface area contributed by atoms with Crippen molar-refractivity contribution in [1.29, 1.82) is 0 Å². The van der Waals surface area contributed by atoms with Crippen molar-refractivity contribution in [3.63, 3.8) is 0 Å². The Bertz CT molecular complexity index is 784. The first kappa shape index (κ1) is 21.8. The summed E-state index contributed by atoms with van der Waals surface area (Å²) in [4.78, 5) is 56.3. The molecule has 4 rings (SSSR count). The highest BCUT2D eigenvalue weighted by Crippen LogP contribution is 2.33. The van der Waals surface area contributed by atoms with E-state index >= 15 is 0 Å². The summed E-state index contributed by atoms with van der Waals surface area (Å²) in [5.41, 5.74) is -0.911. The minimum Gasteiger partial charge on any atom is -0.342 e. The van der Waals surface area contributed by atoms with Crippen LogP contribution >= 0.6 is 0 Å². The minimum atomic E-state index is -0.911. The number of urea groups is 1. The third-order valence-corrected chi connectivity index (χ3v) is 7.28. The maximum atomic E-state index is 13.4. The van der Waals surface area contributed by atoms with Gasteiger partial charge in [0, 0.05) is 38.5 Å². The summed E-state index contributed by atoms with van der Waals surface area (Å²) in [6.45, 7) is 5.80. The lowest BCUT2D eigenvalue weighted by atomic mass is 9.86. The lowest BCUT2D eigenvalue weighted by molar-refractivity contribution is -0.142. The molecule has 2 unspecified atom stereocenters. The van der Waals surface area contributed by atoms with Crippen LogP contribution in [0, 0.1) is 11.8 Å². The molecular weight excluding hydrogens is 396 g/mol. The number of carbonyl (C=O) groups is 4. The lowest BCUT2D eigenvalue weighted by Gasteiger charge is -2.39. The molecule has 1 aliphatic carbocycles. The van der Waals surface area contributed by atoms with Gasteiger partial charge in [-0.05, 0) is 44.4 Å². The van der Waals surface area contributed by atoms with Gasteiger partial charge in [0.25, 0.3) is 5.91 Å². The fourth-order valence-electron chi connectivity index (χ4n) is 5.40. The lowest BCUT2D eigenvalue weighted by Crippen LogP contribution is -2.57. The maximum absolute atomic E-state index is 13.4. The van der Waals surface area contributed by atoms with E-state index in [1.165, 1.54) is 4.90 Å². The average molecular weight is 431 g/mol. The van der Waals surface area contributed by atoms with Crippen LogP contribution < -0.4 is 5.32 Å². The Morgan fingerprint density at radius 1 is 1.13 bits per heavy atom. The van der Waals surface area contributed by atoms with Crippen molar-refractivity contribution in [3.05, 3.63) is 12.2 Å². The Hall–Kier alpha value is -2.38. The van der Waals surface area contributed by atoms with Crippen LogP contribution in [-0.2, 0) is 14.4 Å². The SMILES string of the molecule is CC(C)C(=O)N1CCC2(CC1)NC(=O)N(C1CCCN(C(=O)CC3C=CCC3)C1)C2=O. The summed E-state index contributed by atoms with van der Waals surface area (Å²) >= 11 is 0. The van der Waals surface area contributed by atoms with Crippen LogP contribution in [0.15, 0.2) is 12.2 Å². The van der Waals surface area contributed by atoms with Gasteiger partial charge in [-0.3, -0.25) is 19.3 Å². The van der Waals surface area contributed by atoms with Gasteiger partial charge >= 0.3 is 6.03 Å².